The van der Waals surface area contributed by atoms with Crippen LogP contribution in [0.1, 0.15) is 145 Å². The second kappa shape index (κ2) is 31.4. The first-order valence-corrected chi connectivity index (χ1v) is 30.4. The number of carbonyl (C=O) groups excluding carboxylic acids is 5. The van der Waals surface area contributed by atoms with Crippen LogP contribution in [0.2, 0.25) is 0 Å². The second-order valence-electron chi connectivity index (χ2n) is 20.2. The van der Waals surface area contributed by atoms with Gasteiger partial charge in [0.15, 0.2) is 0 Å². The highest BCUT2D eigenvalue weighted by atomic mass is 32.2. The van der Waals surface area contributed by atoms with Crippen LogP contribution in [0.25, 0.3) is 10.8 Å². The van der Waals surface area contributed by atoms with Crippen LogP contribution in [0.4, 0.5) is 16.2 Å². The molecule has 1 aliphatic rings. The van der Waals surface area contributed by atoms with Gasteiger partial charge in [-0.05, 0) is 134 Å². The fourth-order valence-corrected chi connectivity index (χ4v) is 12.7. The third-order valence-electron chi connectivity index (χ3n) is 14.4. The summed E-state index contributed by atoms with van der Waals surface area (Å²) in [4.78, 5) is 66.9. The number of anilines is 2. The number of hydrazine groups is 1. The van der Waals surface area contributed by atoms with E-state index in [9.17, 15) is 24.0 Å². The molecule has 0 aromatic heterocycles. The summed E-state index contributed by atoms with van der Waals surface area (Å²) in [6.45, 7) is 10.6. The number of benzene rings is 6. The van der Waals surface area contributed by atoms with Crippen molar-refractivity contribution >= 4 is 108 Å². The van der Waals surface area contributed by atoms with Gasteiger partial charge in [-0.25, -0.2) is 4.79 Å². The van der Waals surface area contributed by atoms with E-state index >= 15 is 0 Å². The molecule has 4 amide bonds. The summed E-state index contributed by atoms with van der Waals surface area (Å²) in [6.07, 6.45) is 9.77. The minimum Gasteiger partial charge on any atom is -0.465 e. The number of hydrogen-bond acceptors (Lipinski definition) is 12. The van der Waals surface area contributed by atoms with E-state index in [0.717, 1.165) is 69.4 Å². The first-order valence-electron chi connectivity index (χ1n) is 27.7. The van der Waals surface area contributed by atoms with Crippen molar-refractivity contribution in [1.29, 1.82) is 0 Å². The summed E-state index contributed by atoms with van der Waals surface area (Å²) in [5.74, 6) is 0.184. The molecule has 6 aromatic rings. The molecule has 7 rings (SSSR count). The molecule has 0 aliphatic carbocycles. The molecule has 1 heterocycles. The minimum absolute atomic E-state index is 0.0570. The first-order chi connectivity index (χ1) is 38.8. The molecule has 1 aliphatic heterocycles. The van der Waals surface area contributed by atoms with E-state index in [4.69, 9.17) is 33.9 Å². The van der Waals surface area contributed by atoms with Crippen molar-refractivity contribution in [2.75, 3.05) is 36.3 Å². The van der Waals surface area contributed by atoms with Crippen molar-refractivity contribution in [3.8, 4) is 0 Å². The van der Waals surface area contributed by atoms with Crippen LogP contribution in [-0.4, -0.2) is 68.6 Å². The Morgan fingerprint density at radius 2 is 1.31 bits per heavy atom. The molecular weight excluding hydrogens is 1080 g/mol. The molecule has 418 valence electrons. The summed E-state index contributed by atoms with van der Waals surface area (Å²) >= 11 is 15.0. The lowest BCUT2D eigenvalue weighted by Gasteiger charge is -2.26. The van der Waals surface area contributed by atoms with Gasteiger partial charge in [0.25, 0.3) is 11.8 Å². The molecule has 0 spiro atoms. The zero-order valence-electron chi connectivity index (χ0n) is 45.9. The Bertz CT molecular complexity index is 3060. The Balaban J connectivity index is 0.935. The Kier molecular flexibility index (Phi) is 23.9. The number of nitrogens with zero attached hydrogens (tertiary/aromatic N) is 1. The molecule has 0 fully saturated rings. The number of ether oxygens (including phenoxy) is 2. The first kappa shape index (κ1) is 61.0. The van der Waals surface area contributed by atoms with Crippen molar-refractivity contribution in [1.82, 2.24) is 10.3 Å². The third-order valence-corrected chi connectivity index (χ3v) is 17.7. The van der Waals surface area contributed by atoms with Gasteiger partial charge in [-0.15, -0.1) is 30.1 Å². The number of hydrogen-bond donors (Lipinski definition) is 3. The van der Waals surface area contributed by atoms with E-state index in [2.05, 4.69) is 53.9 Å². The molecule has 4 unspecified atom stereocenters. The number of allylic oxidation sites excluding steroid dienone is 1. The largest absolute Gasteiger partial charge is 0.465 e. The summed E-state index contributed by atoms with van der Waals surface area (Å²) in [5, 5.41) is 4.00. The van der Waals surface area contributed by atoms with Gasteiger partial charge in [-0.1, -0.05) is 160 Å². The average molecular weight is 1150 g/mol. The maximum Gasteiger partial charge on any atom is 0.337 e. The number of thiocarbonyl (C=S) groups is 2. The molecule has 0 bridgehead atoms. The van der Waals surface area contributed by atoms with Gasteiger partial charge in [0.2, 0.25) is 0 Å². The fraction of sp³-hybridized carbons (Fsp3) is 0.338. The Morgan fingerprint density at radius 3 is 1.94 bits per heavy atom. The standard InChI is InChI=1S/C65H72N4O7S4/c1-5-8-19-46-29-31-47(32-30-46)51(24-16-28-59(71)76-43-45(6-2)42-75-58(70)27-15-18-44(4)39-40-79-63(77)49-20-11-9-12-21-49)41-57(80-64(78)50-22-13-10-14-23-50)48-33-35-52(36-34-48)66-65(74)68-67-56-38-37-55-60-53(56)25-17-26-54(60)61(72)69(7-3)62(55)73/h5,9-14,17,20-23,25-26,29-38,44-45,51,57,67H,1,6-8,15-16,18-19,24,27-28,39-43H2,2-4H3,(H2,66,68,74). The van der Waals surface area contributed by atoms with E-state index in [0.29, 0.717) is 64.9 Å². The smallest absolute Gasteiger partial charge is 0.337 e. The Hall–Kier alpha value is -6.65. The monoisotopic (exact) mass is 1150 g/mol. The molecule has 6 aromatic carbocycles. The van der Waals surface area contributed by atoms with Gasteiger partial charge >= 0.3 is 18.0 Å². The zero-order chi connectivity index (χ0) is 56.8. The van der Waals surface area contributed by atoms with Crippen LogP contribution in [0.5, 0.6) is 0 Å². The summed E-state index contributed by atoms with van der Waals surface area (Å²) in [5.41, 5.74) is 13.1. The van der Waals surface area contributed by atoms with E-state index in [1.165, 1.54) is 16.0 Å². The lowest BCUT2D eigenvalue weighted by atomic mass is 9.87. The fourth-order valence-electron chi connectivity index (χ4n) is 9.63. The number of esters is 2. The summed E-state index contributed by atoms with van der Waals surface area (Å²) in [6, 6.07) is 44.7. The van der Waals surface area contributed by atoms with Gasteiger partial charge in [-0.2, -0.15) is 0 Å². The van der Waals surface area contributed by atoms with E-state index in [-0.39, 0.29) is 67.0 Å². The quantitative estimate of drug-likeness (QED) is 0.0130. The van der Waals surface area contributed by atoms with Gasteiger partial charge in [0.1, 0.15) is 0 Å². The van der Waals surface area contributed by atoms with Crippen LogP contribution in [0.3, 0.4) is 0 Å². The predicted molar refractivity (Wildman–Crippen MR) is 336 cm³/mol. The van der Waals surface area contributed by atoms with Gasteiger partial charge < -0.3 is 14.8 Å². The molecule has 0 radical (unpaired) electrons. The van der Waals surface area contributed by atoms with Crippen LogP contribution in [0.15, 0.2) is 152 Å². The Morgan fingerprint density at radius 1 is 0.700 bits per heavy atom. The van der Waals surface area contributed by atoms with E-state index < -0.39 is 6.03 Å². The summed E-state index contributed by atoms with van der Waals surface area (Å²) in [7, 11) is 0. The van der Waals surface area contributed by atoms with E-state index in [1.807, 2.05) is 104 Å². The van der Waals surface area contributed by atoms with Crippen molar-refractivity contribution in [2.24, 2.45) is 11.8 Å². The van der Waals surface area contributed by atoms with Crippen LogP contribution < -0.4 is 16.2 Å². The van der Waals surface area contributed by atoms with Gasteiger partial charge in [-0.3, -0.25) is 34.9 Å². The number of carbonyl (C=O) groups is 5. The average Bonchev–Trinajstić information content (AvgIpc) is 3.61. The maximum absolute atomic E-state index is 13.3. The number of imide groups is 1. The molecule has 4 atom stereocenters. The molecule has 0 saturated carbocycles. The molecule has 11 nitrogen and oxygen atoms in total. The SMILES string of the molecule is C=CCCc1ccc(C(CCCC(=O)OCC(CC)COC(=O)CCCC(C)CCSC(=S)c2ccccc2)CC(SC(=S)c2ccccc2)c2ccc(NC(=O)NNc3ccc4c5c(cccc35)C(=O)N(CC)C4=O)cc2)cc1. The zero-order valence-corrected chi connectivity index (χ0v) is 49.2. The van der Waals surface area contributed by atoms with E-state index in [1.54, 1.807) is 54.7 Å². The van der Waals surface area contributed by atoms with Crippen LogP contribution in [-0.2, 0) is 25.5 Å². The topological polar surface area (TPSA) is 143 Å². The molecule has 3 N–H and O–H groups in total. The molecule has 0 saturated heterocycles. The third kappa shape index (κ3) is 17.7. The van der Waals surface area contributed by atoms with Crippen LogP contribution in [0, 0.1) is 11.8 Å². The maximum atomic E-state index is 13.3. The molecular formula is C65H72N4O7S4. The highest BCUT2D eigenvalue weighted by molar-refractivity contribution is 8.24. The lowest BCUT2D eigenvalue weighted by Crippen LogP contribution is -2.40. The highest BCUT2D eigenvalue weighted by Gasteiger charge is 2.32. The number of nitrogens with one attached hydrogen (secondary N) is 3. The van der Waals surface area contributed by atoms with Crippen LogP contribution >= 0.6 is 48.0 Å². The predicted octanol–water partition coefficient (Wildman–Crippen LogP) is 15.6. The summed E-state index contributed by atoms with van der Waals surface area (Å²) < 4.78 is 13.1. The highest BCUT2D eigenvalue weighted by Crippen LogP contribution is 2.43. The number of aryl methyl sites for hydroxylation is 1. The normalized spacial score (nSPS) is 13.4. The minimum atomic E-state index is -0.513. The Labute approximate surface area is 490 Å². The molecule has 15 heteroatoms. The van der Waals surface area contributed by atoms with Crippen molar-refractivity contribution in [3.05, 3.63) is 191 Å². The van der Waals surface area contributed by atoms with Gasteiger partial charge in [0, 0.05) is 58.1 Å². The lowest BCUT2D eigenvalue weighted by molar-refractivity contribution is -0.149. The number of thioether (sulfide) groups is 2. The number of amides is 4. The molecule has 80 heavy (non-hydrogen) atoms. The van der Waals surface area contributed by atoms with Crippen molar-refractivity contribution in [2.45, 2.75) is 103 Å². The number of rotatable bonds is 30. The number of urea groups is 1. The van der Waals surface area contributed by atoms with Crippen molar-refractivity contribution < 1.29 is 33.4 Å². The van der Waals surface area contributed by atoms with Gasteiger partial charge in [0.05, 0.1) is 27.3 Å². The van der Waals surface area contributed by atoms with Crippen molar-refractivity contribution in [3.63, 3.8) is 0 Å². The second-order valence-corrected chi connectivity index (χ2v) is 23.8.